The highest BCUT2D eigenvalue weighted by Gasteiger charge is 2.23. The summed E-state index contributed by atoms with van der Waals surface area (Å²) in [5.74, 6) is 0. The second-order valence-electron chi connectivity index (χ2n) is 4.85. The molecule has 0 fully saturated rings. The van der Waals surface area contributed by atoms with Gasteiger partial charge in [-0.05, 0) is 42.5 Å². The number of benzene rings is 2. The van der Waals surface area contributed by atoms with E-state index in [-0.39, 0.29) is 0 Å². The Morgan fingerprint density at radius 1 is 1.00 bits per heavy atom. The molecule has 1 aliphatic rings. The lowest BCUT2D eigenvalue weighted by Crippen LogP contribution is -2.05. The van der Waals surface area contributed by atoms with Crippen LogP contribution in [0.4, 0.5) is 5.69 Å². The highest BCUT2D eigenvalue weighted by molar-refractivity contribution is 5.64. The van der Waals surface area contributed by atoms with Crippen LogP contribution in [-0.2, 0) is 6.42 Å². The lowest BCUT2D eigenvalue weighted by Gasteiger charge is -2.12. The van der Waals surface area contributed by atoms with Gasteiger partial charge in [-0.3, -0.25) is 0 Å². The Hall–Kier alpha value is -1.76. The molecule has 0 amide bonds. The van der Waals surface area contributed by atoms with Crippen LogP contribution in [0.2, 0.25) is 0 Å². The van der Waals surface area contributed by atoms with E-state index in [2.05, 4.69) is 61.6 Å². The van der Waals surface area contributed by atoms with Crippen molar-refractivity contribution >= 4 is 5.69 Å². The molecule has 0 spiro atoms. The summed E-state index contributed by atoms with van der Waals surface area (Å²) in [6, 6.07) is 15.6. The number of nitrogens with one attached hydrogen (secondary N) is 1. The molecule has 17 heavy (non-hydrogen) atoms. The molecule has 0 saturated heterocycles. The molecular formula is C16H17N. The lowest BCUT2D eigenvalue weighted by molar-refractivity contribution is 0.824. The van der Waals surface area contributed by atoms with E-state index in [4.69, 9.17) is 0 Å². The van der Waals surface area contributed by atoms with Crippen molar-refractivity contribution < 1.29 is 0 Å². The first kappa shape index (κ1) is 10.4. The van der Waals surface area contributed by atoms with Gasteiger partial charge in [-0.1, -0.05) is 42.5 Å². The van der Waals surface area contributed by atoms with Crippen LogP contribution in [0.15, 0.2) is 42.5 Å². The Kier molecular flexibility index (Phi) is 2.40. The van der Waals surface area contributed by atoms with Gasteiger partial charge in [0.1, 0.15) is 0 Å². The zero-order chi connectivity index (χ0) is 11.8. The van der Waals surface area contributed by atoms with Crippen LogP contribution in [0, 0.1) is 13.8 Å². The molecule has 0 saturated carbocycles. The fourth-order valence-electron chi connectivity index (χ4n) is 2.57. The Balaban J connectivity index is 1.96. The summed E-state index contributed by atoms with van der Waals surface area (Å²) < 4.78 is 0. The topological polar surface area (TPSA) is 12.0 Å². The highest BCUT2D eigenvalue weighted by atomic mass is 15.0. The average molecular weight is 223 g/mol. The largest absolute Gasteiger partial charge is 0.377 e. The number of rotatable bonds is 1. The van der Waals surface area contributed by atoms with Crippen LogP contribution in [-0.4, -0.2) is 0 Å². The van der Waals surface area contributed by atoms with Crippen LogP contribution in [0.5, 0.6) is 0 Å². The van der Waals surface area contributed by atoms with Gasteiger partial charge < -0.3 is 5.32 Å². The normalized spacial score (nSPS) is 17.6. The monoisotopic (exact) mass is 223 g/mol. The second kappa shape index (κ2) is 3.92. The predicted molar refractivity (Wildman–Crippen MR) is 72.4 cm³/mol. The van der Waals surface area contributed by atoms with Gasteiger partial charge in [0.25, 0.3) is 0 Å². The van der Waals surface area contributed by atoms with Gasteiger partial charge >= 0.3 is 0 Å². The molecule has 1 aliphatic heterocycles. The highest BCUT2D eigenvalue weighted by Crippen LogP contribution is 2.37. The summed E-state index contributed by atoms with van der Waals surface area (Å²) in [7, 11) is 0. The molecule has 0 bridgehead atoms. The summed E-state index contributed by atoms with van der Waals surface area (Å²) in [4.78, 5) is 0. The fourth-order valence-corrected chi connectivity index (χ4v) is 2.57. The maximum absolute atomic E-state index is 3.66. The van der Waals surface area contributed by atoms with Crippen molar-refractivity contribution in [3.8, 4) is 0 Å². The minimum absolute atomic E-state index is 0.437. The van der Waals surface area contributed by atoms with Gasteiger partial charge in [-0.25, -0.2) is 0 Å². The van der Waals surface area contributed by atoms with Crippen molar-refractivity contribution in [3.63, 3.8) is 0 Å². The second-order valence-corrected chi connectivity index (χ2v) is 4.85. The molecule has 0 radical (unpaired) electrons. The van der Waals surface area contributed by atoms with E-state index in [1.54, 1.807) is 0 Å². The van der Waals surface area contributed by atoms with E-state index >= 15 is 0 Å². The standard InChI is InChI=1S/C16H17N/c1-11-8-9-14-10-15(17-16(14)12(11)2)13-6-4-3-5-7-13/h3-9,15,17H,10H2,1-2H3. The molecule has 2 aromatic carbocycles. The van der Waals surface area contributed by atoms with Crippen molar-refractivity contribution in [2.24, 2.45) is 0 Å². The van der Waals surface area contributed by atoms with Crippen LogP contribution in [0.25, 0.3) is 0 Å². The van der Waals surface area contributed by atoms with Gasteiger partial charge in [-0.15, -0.1) is 0 Å². The summed E-state index contributed by atoms with van der Waals surface area (Å²) in [5.41, 5.74) is 6.92. The average Bonchev–Trinajstić information content (AvgIpc) is 2.80. The molecule has 1 heteroatoms. The third-order valence-corrected chi connectivity index (χ3v) is 3.77. The van der Waals surface area contributed by atoms with E-state index in [9.17, 15) is 0 Å². The van der Waals surface area contributed by atoms with Crippen LogP contribution in [0.1, 0.15) is 28.3 Å². The number of hydrogen-bond acceptors (Lipinski definition) is 1. The molecule has 2 aromatic rings. The van der Waals surface area contributed by atoms with Crippen LogP contribution >= 0.6 is 0 Å². The number of fused-ring (bicyclic) bond motifs is 1. The van der Waals surface area contributed by atoms with Crippen molar-refractivity contribution in [2.45, 2.75) is 26.3 Å². The first-order valence-electron chi connectivity index (χ1n) is 6.16. The van der Waals surface area contributed by atoms with Crippen molar-refractivity contribution in [1.29, 1.82) is 0 Å². The lowest BCUT2D eigenvalue weighted by atomic mass is 10.0. The van der Waals surface area contributed by atoms with E-state index in [0.29, 0.717) is 6.04 Å². The van der Waals surface area contributed by atoms with E-state index < -0.39 is 0 Å². The number of hydrogen-bond donors (Lipinski definition) is 1. The first-order valence-corrected chi connectivity index (χ1v) is 6.16. The van der Waals surface area contributed by atoms with E-state index in [0.717, 1.165) is 6.42 Å². The van der Waals surface area contributed by atoms with Crippen LogP contribution < -0.4 is 5.32 Å². The molecular weight excluding hydrogens is 206 g/mol. The first-order chi connectivity index (χ1) is 8.25. The molecule has 1 atom stereocenters. The fraction of sp³-hybridized carbons (Fsp3) is 0.250. The quantitative estimate of drug-likeness (QED) is 0.770. The van der Waals surface area contributed by atoms with Crippen LogP contribution in [0.3, 0.4) is 0 Å². The number of aryl methyl sites for hydroxylation is 1. The maximum Gasteiger partial charge on any atom is 0.0555 e. The molecule has 0 aromatic heterocycles. The summed E-state index contributed by atoms with van der Waals surface area (Å²) in [6.07, 6.45) is 1.10. The maximum atomic E-state index is 3.66. The van der Waals surface area contributed by atoms with Gasteiger partial charge in [0.05, 0.1) is 6.04 Å². The zero-order valence-electron chi connectivity index (χ0n) is 10.3. The molecule has 1 N–H and O–H groups in total. The van der Waals surface area contributed by atoms with E-state index in [1.165, 1.54) is 27.9 Å². The Bertz CT molecular complexity index is 543. The minimum Gasteiger partial charge on any atom is -0.377 e. The number of anilines is 1. The molecule has 1 nitrogen and oxygen atoms in total. The molecule has 1 heterocycles. The van der Waals surface area contributed by atoms with Gasteiger partial charge in [0.2, 0.25) is 0 Å². The SMILES string of the molecule is Cc1ccc2c(c1C)NC(c1ccccc1)C2. The van der Waals surface area contributed by atoms with Gasteiger partial charge in [0, 0.05) is 5.69 Å². The summed E-state index contributed by atoms with van der Waals surface area (Å²) in [6.45, 7) is 4.38. The summed E-state index contributed by atoms with van der Waals surface area (Å²) >= 11 is 0. The zero-order valence-corrected chi connectivity index (χ0v) is 10.3. The van der Waals surface area contributed by atoms with Crippen molar-refractivity contribution in [1.82, 2.24) is 0 Å². The molecule has 3 rings (SSSR count). The minimum atomic E-state index is 0.437. The Labute approximate surface area is 102 Å². The van der Waals surface area contributed by atoms with E-state index in [1.807, 2.05) is 0 Å². The molecule has 1 unspecified atom stereocenters. The smallest absolute Gasteiger partial charge is 0.0555 e. The molecule has 86 valence electrons. The summed E-state index contributed by atoms with van der Waals surface area (Å²) in [5, 5.41) is 3.66. The van der Waals surface area contributed by atoms with Crippen molar-refractivity contribution in [3.05, 3.63) is 64.7 Å². The predicted octanol–water partition coefficient (Wildman–Crippen LogP) is 4.01. The van der Waals surface area contributed by atoms with Gasteiger partial charge in [-0.2, -0.15) is 0 Å². The third-order valence-electron chi connectivity index (χ3n) is 3.77. The Morgan fingerprint density at radius 3 is 2.53 bits per heavy atom. The van der Waals surface area contributed by atoms with Gasteiger partial charge in [0.15, 0.2) is 0 Å². The Morgan fingerprint density at radius 2 is 1.76 bits per heavy atom. The molecule has 0 aliphatic carbocycles. The van der Waals surface area contributed by atoms with Crippen molar-refractivity contribution in [2.75, 3.05) is 5.32 Å². The third kappa shape index (κ3) is 1.72.